The lowest BCUT2D eigenvalue weighted by molar-refractivity contribution is -0.384. The van der Waals surface area contributed by atoms with Crippen molar-refractivity contribution < 1.29 is 24.0 Å². The summed E-state index contributed by atoms with van der Waals surface area (Å²) < 4.78 is 5.76. The summed E-state index contributed by atoms with van der Waals surface area (Å²) >= 11 is 12.1. The molecular weight excluding hydrogens is 416 g/mol. The van der Waals surface area contributed by atoms with Gasteiger partial charge in [0.25, 0.3) is 11.6 Å². The maximum atomic E-state index is 12.3. The molecule has 1 aliphatic heterocycles. The summed E-state index contributed by atoms with van der Waals surface area (Å²) in [5.41, 5.74) is 0.200. The Morgan fingerprint density at radius 3 is 2.81 bits per heavy atom. The van der Waals surface area contributed by atoms with E-state index >= 15 is 0 Å². The van der Waals surface area contributed by atoms with E-state index in [4.69, 9.17) is 33.3 Å². The summed E-state index contributed by atoms with van der Waals surface area (Å²) in [6.45, 7) is -0.519. The third kappa shape index (κ3) is 4.02. The number of amides is 1. The number of rotatable bonds is 5. The van der Waals surface area contributed by atoms with Gasteiger partial charge >= 0.3 is 5.97 Å². The van der Waals surface area contributed by atoms with E-state index in [0.717, 1.165) is 16.7 Å². The van der Waals surface area contributed by atoms with Crippen molar-refractivity contribution in [1.29, 1.82) is 0 Å². The second-order valence-corrected chi connectivity index (χ2v) is 7.37. The number of benzene rings is 1. The number of thiocarbonyl (C=S) groups is 1. The summed E-state index contributed by atoms with van der Waals surface area (Å²) in [6, 6.07) is 7.10. The van der Waals surface area contributed by atoms with Crippen molar-refractivity contribution in [3.63, 3.8) is 0 Å². The average Bonchev–Trinajstić information content (AvgIpc) is 3.15. The number of hydrogen-bond donors (Lipinski definition) is 1. The van der Waals surface area contributed by atoms with Crippen molar-refractivity contribution in [3.05, 3.63) is 56.1 Å². The highest BCUT2D eigenvalue weighted by molar-refractivity contribution is 8.26. The minimum Gasteiger partial charge on any atom is -0.480 e. The summed E-state index contributed by atoms with van der Waals surface area (Å²) in [4.78, 5) is 34.7. The van der Waals surface area contributed by atoms with E-state index in [1.165, 1.54) is 24.3 Å². The number of nitro groups is 1. The van der Waals surface area contributed by atoms with E-state index in [2.05, 4.69) is 0 Å². The van der Waals surface area contributed by atoms with Gasteiger partial charge in [-0.05, 0) is 18.2 Å². The van der Waals surface area contributed by atoms with E-state index in [9.17, 15) is 19.7 Å². The van der Waals surface area contributed by atoms with Gasteiger partial charge in [0.2, 0.25) is 0 Å². The molecule has 1 fully saturated rings. The van der Waals surface area contributed by atoms with E-state index in [1.807, 2.05) is 0 Å². The second-order valence-electron chi connectivity index (χ2n) is 5.28. The quantitative estimate of drug-likeness (QED) is 0.333. The predicted molar refractivity (Wildman–Crippen MR) is 103 cm³/mol. The van der Waals surface area contributed by atoms with Gasteiger partial charge in [-0.3, -0.25) is 24.6 Å². The number of carbonyl (C=O) groups is 2. The van der Waals surface area contributed by atoms with Crippen LogP contribution in [0.2, 0.25) is 5.02 Å². The zero-order valence-electron chi connectivity index (χ0n) is 13.2. The molecule has 0 aliphatic carbocycles. The molecule has 3 rings (SSSR count). The van der Waals surface area contributed by atoms with Crippen LogP contribution in [0.15, 0.2) is 39.7 Å². The Hall–Kier alpha value is -2.69. The second kappa shape index (κ2) is 7.51. The highest BCUT2D eigenvalue weighted by Crippen LogP contribution is 2.35. The monoisotopic (exact) mass is 424 g/mol. The molecule has 0 atom stereocenters. The number of carboxylic acid groups (broad SMARTS) is 1. The van der Waals surface area contributed by atoms with Gasteiger partial charge < -0.3 is 9.52 Å². The lowest BCUT2D eigenvalue weighted by Gasteiger charge is -2.09. The molecule has 1 aromatic carbocycles. The Morgan fingerprint density at radius 1 is 1.41 bits per heavy atom. The number of furan rings is 1. The first-order valence-corrected chi connectivity index (χ1v) is 8.88. The molecule has 138 valence electrons. The van der Waals surface area contributed by atoms with E-state index in [1.54, 1.807) is 12.1 Å². The van der Waals surface area contributed by atoms with Crippen LogP contribution < -0.4 is 0 Å². The lowest BCUT2D eigenvalue weighted by atomic mass is 10.1. The van der Waals surface area contributed by atoms with Crippen LogP contribution in [0.3, 0.4) is 0 Å². The van der Waals surface area contributed by atoms with Crippen molar-refractivity contribution in [2.24, 2.45) is 0 Å². The predicted octanol–water partition coefficient (Wildman–Crippen LogP) is 3.79. The Bertz CT molecular complexity index is 1020. The number of aliphatic carboxylic acids is 1. The number of nitro benzene ring substituents is 1. The molecule has 0 unspecified atom stereocenters. The molecule has 1 amide bonds. The number of carboxylic acids is 1. The first-order chi connectivity index (χ1) is 12.8. The van der Waals surface area contributed by atoms with Crippen LogP contribution in [0.5, 0.6) is 0 Å². The maximum absolute atomic E-state index is 12.3. The molecule has 2 heterocycles. The highest BCUT2D eigenvalue weighted by atomic mass is 35.5. The zero-order chi connectivity index (χ0) is 19.7. The van der Waals surface area contributed by atoms with Gasteiger partial charge in [0.05, 0.1) is 14.9 Å². The molecule has 0 radical (unpaired) electrons. The van der Waals surface area contributed by atoms with Crippen LogP contribution in [0.1, 0.15) is 5.76 Å². The number of halogens is 1. The fourth-order valence-electron chi connectivity index (χ4n) is 2.29. The number of thioether (sulfide) groups is 1. The lowest BCUT2D eigenvalue weighted by Crippen LogP contribution is -2.33. The summed E-state index contributed by atoms with van der Waals surface area (Å²) in [5.74, 6) is -1.12. The Morgan fingerprint density at radius 2 is 2.15 bits per heavy atom. The fourth-order valence-corrected chi connectivity index (χ4v) is 3.74. The number of hydrogen-bond acceptors (Lipinski definition) is 7. The molecule has 11 heteroatoms. The van der Waals surface area contributed by atoms with Gasteiger partial charge in [0.15, 0.2) is 0 Å². The largest absolute Gasteiger partial charge is 0.480 e. The van der Waals surface area contributed by atoms with Gasteiger partial charge in [-0.15, -0.1) is 0 Å². The molecule has 1 N–H and O–H groups in total. The SMILES string of the molecule is O=C(O)CN1C(=O)C(=Cc2ccc(-c3cc([N+](=O)[O-])ccc3Cl)o2)SC1=S. The summed E-state index contributed by atoms with van der Waals surface area (Å²) in [7, 11) is 0. The molecule has 1 saturated heterocycles. The molecule has 1 aliphatic rings. The van der Waals surface area contributed by atoms with Crippen molar-refractivity contribution in [1.82, 2.24) is 4.90 Å². The molecule has 0 bridgehead atoms. The number of non-ortho nitro benzene ring substituents is 1. The average molecular weight is 425 g/mol. The molecule has 0 spiro atoms. The van der Waals surface area contributed by atoms with Gasteiger partial charge in [-0.2, -0.15) is 0 Å². The molecule has 0 saturated carbocycles. The van der Waals surface area contributed by atoms with Crippen molar-refractivity contribution in [3.8, 4) is 11.3 Å². The van der Waals surface area contributed by atoms with E-state index in [0.29, 0.717) is 11.3 Å². The zero-order valence-corrected chi connectivity index (χ0v) is 15.6. The van der Waals surface area contributed by atoms with Gasteiger partial charge in [0, 0.05) is 23.8 Å². The minimum atomic E-state index is -1.17. The Balaban J connectivity index is 1.89. The van der Waals surface area contributed by atoms with Gasteiger partial charge in [0.1, 0.15) is 22.4 Å². The van der Waals surface area contributed by atoms with Crippen molar-refractivity contribution in [2.45, 2.75) is 0 Å². The van der Waals surface area contributed by atoms with Crippen LogP contribution in [0, 0.1) is 10.1 Å². The smallest absolute Gasteiger partial charge is 0.323 e. The number of nitrogens with zero attached hydrogens (tertiary/aromatic N) is 2. The molecule has 8 nitrogen and oxygen atoms in total. The molecule has 27 heavy (non-hydrogen) atoms. The van der Waals surface area contributed by atoms with Crippen LogP contribution >= 0.6 is 35.6 Å². The Kier molecular flexibility index (Phi) is 5.31. The summed E-state index contributed by atoms with van der Waals surface area (Å²) in [5, 5.41) is 20.0. The Labute approximate surface area is 166 Å². The van der Waals surface area contributed by atoms with Crippen molar-refractivity contribution >= 4 is 63.5 Å². The maximum Gasteiger partial charge on any atom is 0.323 e. The summed E-state index contributed by atoms with van der Waals surface area (Å²) in [6.07, 6.45) is 1.43. The van der Waals surface area contributed by atoms with Crippen LogP contribution in [-0.2, 0) is 9.59 Å². The standard InChI is InChI=1S/C16H9ClN2O6S2/c17-11-3-1-8(19(23)24)5-10(11)12-4-2-9(25-12)6-13-15(22)18(7-14(20)21)16(26)27-13/h1-6H,7H2,(H,20,21). The van der Waals surface area contributed by atoms with Gasteiger partial charge in [-0.1, -0.05) is 35.6 Å². The van der Waals surface area contributed by atoms with Crippen LogP contribution in [0.4, 0.5) is 5.69 Å². The molecule has 2 aromatic rings. The van der Waals surface area contributed by atoms with E-state index in [-0.39, 0.29) is 25.7 Å². The highest BCUT2D eigenvalue weighted by Gasteiger charge is 2.33. The van der Waals surface area contributed by atoms with Crippen LogP contribution in [0.25, 0.3) is 17.4 Å². The van der Waals surface area contributed by atoms with Gasteiger partial charge in [-0.25, -0.2) is 0 Å². The molecular formula is C16H9ClN2O6S2. The first-order valence-electron chi connectivity index (χ1n) is 7.27. The molecule has 1 aromatic heterocycles. The third-order valence-electron chi connectivity index (χ3n) is 3.49. The van der Waals surface area contributed by atoms with Crippen LogP contribution in [-0.4, -0.2) is 37.7 Å². The minimum absolute atomic E-state index is 0.137. The third-order valence-corrected chi connectivity index (χ3v) is 5.20. The van der Waals surface area contributed by atoms with E-state index < -0.39 is 23.3 Å². The number of carbonyl (C=O) groups excluding carboxylic acids is 1. The first kappa shape index (κ1) is 19.1. The van der Waals surface area contributed by atoms with Crippen molar-refractivity contribution in [2.75, 3.05) is 6.54 Å². The normalized spacial score (nSPS) is 15.6. The fraction of sp³-hybridized carbons (Fsp3) is 0.0625. The topological polar surface area (TPSA) is 114 Å².